The largest absolute Gasteiger partial charge is 0.289 e. The fourth-order valence-electron chi connectivity index (χ4n) is 3.41. The molecule has 25 heavy (non-hydrogen) atoms. The van der Waals surface area contributed by atoms with Gasteiger partial charge in [-0.15, -0.1) is 0 Å². The highest BCUT2D eigenvalue weighted by Gasteiger charge is 2.41. The molecule has 0 aromatic heterocycles. The summed E-state index contributed by atoms with van der Waals surface area (Å²) in [5.74, 6) is -0.0776. The van der Waals surface area contributed by atoms with Crippen molar-refractivity contribution in [3.05, 3.63) is 29.8 Å². The molecule has 6 nitrogen and oxygen atoms in total. The zero-order chi connectivity index (χ0) is 18.0. The van der Waals surface area contributed by atoms with Gasteiger partial charge in [0.15, 0.2) is 0 Å². The number of thioether (sulfide) groups is 1. The highest BCUT2D eigenvalue weighted by Crippen LogP contribution is 2.30. The van der Waals surface area contributed by atoms with Crippen molar-refractivity contribution in [2.24, 2.45) is 0 Å². The average molecular weight is 383 g/mol. The maximum absolute atomic E-state index is 12.7. The van der Waals surface area contributed by atoms with E-state index < -0.39 is 22.1 Å². The van der Waals surface area contributed by atoms with E-state index in [9.17, 15) is 18.0 Å². The zero-order valence-corrected chi connectivity index (χ0v) is 15.7. The third-order valence-corrected chi connectivity index (χ3v) is 7.13. The first-order valence-electron chi connectivity index (χ1n) is 8.52. The summed E-state index contributed by atoms with van der Waals surface area (Å²) in [6, 6.07) is 5.97. The van der Waals surface area contributed by atoms with Crippen molar-refractivity contribution in [3.63, 3.8) is 0 Å². The third-order valence-electron chi connectivity index (χ3n) is 4.79. The van der Waals surface area contributed by atoms with Gasteiger partial charge in [-0.3, -0.25) is 14.5 Å². The minimum atomic E-state index is -3.69. The van der Waals surface area contributed by atoms with Crippen molar-refractivity contribution in [1.82, 2.24) is 9.62 Å². The summed E-state index contributed by atoms with van der Waals surface area (Å²) >= 11 is 0.988. The molecule has 0 unspecified atom stereocenters. The molecule has 1 aliphatic carbocycles. The van der Waals surface area contributed by atoms with Gasteiger partial charge in [-0.1, -0.05) is 43.7 Å². The normalized spacial score (nSPS) is 24.8. The molecule has 2 amide bonds. The molecule has 2 fully saturated rings. The van der Waals surface area contributed by atoms with E-state index in [1.54, 1.807) is 24.3 Å². The fourth-order valence-corrected chi connectivity index (χ4v) is 5.48. The second-order valence-corrected chi connectivity index (χ2v) is 9.04. The third kappa shape index (κ3) is 3.91. The van der Waals surface area contributed by atoms with E-state index >= 15 is 0 Å². The van der Waals surface area contributed by atoms with E-state index in [2.05, 4.69) is 4.72 Å². The summed E-state index contributed by atoms with van der Waals surface area (Å²) in [5, 5.41) is -0.270. The minimum Gasteiger partial charge on any atom is -0.273 e. The Balaban J connectivity index is 1.80. The van der Waals surface area contributed by atoms with Gasteiger partial charge >= 0.3 is 0 Å². The Kier molecular flexibility index (Phi) is 5.50. The van der Waals surface area contributed by atoms with Gasteiger partial charge in [-0.05, 0) is 37.0 Å². The number of rotatable bonds is 5. The van der Waals surface area contributed by atoms with Crippen LogP contribution in [0.3, 0.4) is 0 Å². The summed E-state index contributed by atoms with van der Waals surface area (Å²) in [6.07, 6.45) is 3.87. The molecule has 1 aromatic carbocycles. The SMILES string of the molecule is CCc1ccc(S(=O)(=O)N[C@@H]2CCCC[C@H]2N2C(=O)CSC2=O)cc1. The molecule has 1 N–H and O–H groups in total. The average Bonchev–Trinajstić information content (AvgIpc) is 2.94. The maximum atomic E-state index is 12.7. The summed E-state index contributed by atoms with van der Waals surface area (Å²) in [5.41, 5.74) is 1.07. The molecule has 2 aliphatic rings. The molecule has 136 valence electrons. The second-order valence-electron chi connectivity index (χ2n) is 6.40. The van der Waals surface area contributed by atoms with E-state index in [4.69, 9.17) is 0 Å². The standard InChI is InChI=1S/C17H22N2O4S2/c1-2-12-7-9-13(10-8-12)25(22,23)18-14-5-3-4-6-15(14)19-16(20)11-24-17(19)21/h7-10,14-15,18H,2-6,11H2,1H3/t14-,15-/m1/s1. The van der Waals surface area contributed by atoms with Crippen molar-refractivity contribution in [2.45, 2.75) is 56.0 Å². The molecule has 1 saturated heterocycles. The second kappa shape index (κ2) is 7.47. The molecule has 1 saturated carbocycles. The quantitative estimate of drug-likeness (QED) is 0.846. The zero-order valence-electron chi connectivity index (χ0n) is 14.1. The number of nitrogens with zero attached hydrogens (tertiary/aromatic N) is 1. The predicted molar refractivity (Wildman–Crippen MR) is 96.9 cm³/mol. The number of hydrogen-bond acceptors (Lipinski definition) is 5. The number of benzene rings is 1. The number of carbonyl (C=O) groups excluding carboxylic acids is 2. The van der Waals surface area contributed by atoms with E-state index in [1.165, 1.54) is 4.90 Å². The number of aryl methyl sites for hydroxylation is 1. The Bertz CT molecular complexity index is 745. The van der Waals surface area contributed by atoms with Crippen LogP contribution in [0.2, 0.25) is 0 Å². The molecule has 2 atom stereocenters. The molecule has 1 aliphatic heterocycles. The Morgan fingerprint density at radius 3 is 2.44 bits per heavy atom. The number of carbonyl (C=O) groups is 2. The molecular formula is C17H22N2O4S2. The van der Waals surface area contributed by atoms with Crippen molar-refractivity contribution in [2.75, 3.05) is 5.75 Å². The highest BCUT2D eigenvalue weighted by molar-refractivity contribution is 8.14. The van der Waals surface area contributed by atoms with Crippen LogP contribution in [0.15, 0.2) is 29.2 Å². The molecule has 1 aromatic rings. The molecular weight excluding hydrogens is 360 g/mol. The number of amides is 2. The van der Waals surface area contributed by atoms with E-state index in [-0.39, 0.29) is 21.8 Å². The van der Waals surface area contributed by atoms with Crippen molar-refractivity contribution in [3.8, 4) is 0 Å². The van der Waals surface area contributed by atoms with Crippen LogP contribution in [0.25, 0.3) is 0 Å². The lowest BCUT2D eigenvalue weighted by atomic mass is 9.90. The van der Waals surface area contributed by atoms with Crippen LogP contribution in [0.4, 0.5) is 4.79 Å². The van der Waals surface area contributed by atoms with E-state index in [0.717, 1.165) is 36.6 Å². The molecule has 0 bridgehead atoms. The van der Waals surface area contributed by atoms with Gasteiger partial charge in [0.05, 0.1) is 16.7 Å². The van der Waals surface area contributed by atoms with Crippen molar-refractivity contribution >= 4 is 32.9 Å². The summed E-state index contributed by atoms with van der Waals surface area (Å²) in [6.45, 7) is 2.01. The summed E-state index contributed by atoms with van der Waals surface area (Å²) in [4.78, 5) is 25.5. The maximum Gasteiger partial charge on any atom is 0.289 e. The van der Waals surface area contributed by atoms with Gasteiger partial charge in [0.1, 0.15) is 0 Å². The predicted octanol–water partition coefficient (Wildman–Crippen LogP) is 2.53. The molecule has 0 spiro atoms. The van der Waals surface area contributed by atoms with Crippen LogP contribution in [0.5, 0.6) is 0 Å². The van der Waals surface area contributed by atoms with Crippen molar-refractivity contribution in [1.29, 1.82) is 0 Å². The van der Waals surface area contributed by atoms with E-state index in [0.29, 0.717) is 12.8 Å². The minimum absolute atomic E-state index is 0.146. The van der Waals surface area contributed by atoms with Crippen LogP contribution in [-0.4, -0.2) is 42.3 Å². The Morgan fingerprint density at radius 1 is 1.16 bits per heavy atom. The molecule has 0 radical (unpaired) electrons. The summed E-state index contributed by atoms with van der Waals surface area (Å²) < 4.78 is 28.2. The van der Waals surface area contributed by atoms with Gasteiger partial charge in [0, 0.05) is 6.04 Å². The van der Waals surface area contributed by atoms with Gasteiger partial charge in [0.2, 0.25) is 15.9 Å². The Hall–Kier alpha value is -1.38. The first kappa shape index (κ1) is 18.4. The van der Waals surface area contributed by atoms with Crippen LogP contribution >= 0.6 is 11.8 Å². The first-order valence-corrected chi connectivity index (χ1v) is 11.0. The molecule has 3 rings (SSSR count). The van der Waals surface area contributed by atoms with Gasteiger partial charge in [-0.2, -0.15) is 0 Å². The number of imide groups is 1. The van der Waals surface area contributed by atoms with Gasteiger partial charge < -0.3 is 0 Å². The molecule has 1 heterocycles. The van der Waals surface area contributed by atoms with Crippen LogP contribution in [-0.2, 0) is 21.2 Å². The fraction of sp³-hybridized carbons (Fsp3) is 0.529. The Morgan fingerprint density at radius 2 is 1.84 bits per heavy atom. The lowest BCUT2D eigenvalue weighted by molar-refractivity contribution is -0.127. The summed E-state index contributed by atoms with van der Waals surface area (Å²) in [7, 11) is -3.69. The number of nitrogens with one attached hydrogen (secondary N) is 1. The first-order chi connectivity index (χ1) is 11.9. The van der Waals surface area contributed by atoms with E-state index in [1.807, 2.05) is 6.92 Å². The van der Waals surface area contributed by atoms with Crippen LogP contribution in [0, 0.1) is 0 Å². The monoisotopic (exact) mass is 382 g/mol. The van der Waals surface area contributed by atoms with Gasteiger partial charge in [-0.25, -0.2) is 13.1 Å². The Labute approximate surface area is 152 Å². The van der Waals surface area contributed by atoms with Gasteiger partial charge in [0.25, 0.3) is 5.24 Å². The topological polar surface area (TPSA) is 83.6 Å². The molecule has 8 heteroatoms. The number of hydrogen-bond donors (Lipinski definition) is 1. The van der Waals surface area contributed by atoms with Crippen LogP contribution < -0.4 is 4.72 Å². The number of sulfonamides is 1. The lowest BCUT2D eigenvalue weighted by Gasteiger charge is -2.36. The lowest BCUT2D eigenvalue weighted by Crippen LogP contribution is -2.54. The van der Waals surface area contributed by atoms with Crippen molar-refractivity contribution < 1.29 is 18.0 Å². The highest BCUT2D eigenvalue weighted by atomic mass is 32.2. The van der Waals surface area contributed by atoms with Crippen LogP contribution in [0.1, 0.15) is 38.2 Å². The smallest absolute Gasteiger partial charge is 0.273 e.